The van der Waals surface area contributed by atoms with E-state index in [1.54, 1.807) is 27.7 Å². The summed E-state index contributed by atoms with van der Waals surface area (Å²) in [4.78, 5) is 0. The van der Waals surface area contributed by atoms with Crippen molar-refractivity contribution in [1.82, 2.24) is 0 Å². The van der Waals surface area contributed by atoms with E-state index < -0.39 is 13.6 Å². The predicted molar refractivity (Wildman–Crippen MR) is 33.8 cm³/mol. The molecule has 0 heterocycles. The average Bonchev–Trinajstić information content (AvgIpc) is 1.53. The molecule has 0 bridgehead atoms. The zero-order chi connectivity index (χ0) is 9.07. The van der Waals surface area contributed by atoms with Crippen molar-refractivity contribution in [2.24, 2.45) is 0 Å². The summed E-state index contributed by atoms with van der Waals surface area (Å²) in [6, 6.07) is 0. The molecular formula is C6H14CrO4. The molecule has 0 unspecified atom stereocenters. The molecule has 0 aliphatic rings. The molecule has 0 rings (SSSR count). The first-order valence-electron chi connectivity index (χ1n) is 3.45. The minimum absolute atomic E-state index is 0.344. The van der Waals surface area contributed by atoms with Gasteiger partial charge in [0.25, 0.3) is 0 Å². The van der Waals surface area contributed by atoms with E-state index in [2.05, 4.69) is 7.58 Å². The molecule has 0 N–H and O–H groups in total. The molecule has 0 aromatic heterocycles. The van der Waals surface area contributed by atoms with Crippen LogP contribution in [0.4, 0.5) is 0 Å². The molecule has 0 aromatic rings. The third kappa shape index (κ3) is 6.45. The fourth-order valence-electron chi connectivity index (χ4n) is 0.494. The molecule has 5 heteroatoms. The zero-order valence-corrected chi connectivity index (χ0v) is 8.47. The van der Waals surface area contributed by atoms with E-state index in [1.807, 2.05) is 0 Å². The van der Waals surface area contributed by atoms with Crippen LogP contribution in [0.1, 0.15) is 27.7 Å². The first-order valence-corrected chi connectivity index (χ1v) is 5.53. The normalized spacial score (nSPS) is 12.9. The molecule has 0 aromatic carbocycles. The second-order valence-corrected chi connectivity index (χ2v) is 4.57. The van der Waals surface area contributed by atoms with Gasteiger partial charge in [0.1, 0.15) is 0 Å². The van der Waals surface area contributed by atoms with Crippen molar-refractivity contribution in [2.75, 3.05) is 0 Å². The molecule has 0 amide bonds. The van der Waals surface area contributed by atoms with Crippen LogP contribution in [0.5, 0.6) is 0 Å². The Morgan fingerprint density at radius 2 is 1.18 bits per heavy atom. The summed E-state index contributed by atoms with van der Waals surface area (Å²) in [5, 5.41) is 0. The van der Waals surface area contributed by atoms with E-state index in [9.17, 15) is 7.61 Å². The molecule has 0 fully saturated rings. The van der Waals surface area contributed by atoms with Crippen LogP contribution >= 0.6 is 0 Å². The van der Waals surface area contributed by atoms with E-state index in [0.29, 0.717) is 0 Å². The van der Waals surface area contributed by atoms with Crippen LogP contribution in [0.15, 0.2) is 0 Å². The predicted octanol–water partition coefficient (Wildman–Crippen LogP) is 1.51. The monoisotopic (exact) mass is 202 g/mol. The van der Waals surface area contributed by atoms with Crippen molar-refractivity contribution in [3.05, 3.63) is 0 Å². The fourth-order valence-corrected chi connectivity index (χ4v) is 2.04. The molecule has 0 atom stereocenters. The molecule has 0 spiro atoms. The van der Waals surface area contributed by atoms with Gasteiger partial charge in [0, 0.05) is 0 Å². The summed E-state index contributed by atoms with van der Waals surface area (Å²) >= 11 is -4.50. The second-order valence-electron chi connectivity index (χ2n) is 2.70. The summed E-state index contributed by atoms with van der Waals surface area (Å²) in [7, 11) is 0. The van der Waals surface area contributed by atoms with Crippen LogP contribution in [0.3, 0.4) is 0 Å². The van der Waals surface area contributed by atoms with Gasteiger partial charge in [-0.1, -0.05) is 0 Å². The number of hydrogen-bond acceptors (Lipinski definition) is 4. The standard InChI is InChI=1S/2C3H7O.Cr.2O/c2*1-3(2)4;;;/h2*3H,1-2H3;;;/q2*-1;+2;;. The molecule has 68 valence electrons. The van der Waals surface area contributed by atoms with Crippen LogP contribution < -0.4 is 0 Å². The first-order chi connectivity index (χ1) is 4.83. The molecule has 11 heavy (non-hydrogen) atoms. The molecule has 4 nitrogen and oxygen atoms in total. The van der Waals surface area contributed by atoms with Gasteiger partial charge in [-0.05, 0) is 0 Å². The number of hydrogen-bond donors (Lipinski definition) is 0. The van der Waals surface area contributed by atoms with Crippen LogP contribution in [0.25, 0.3) is 0 Å². The summed E-state index contributed by atoms with van der Waals surface area (Å²) in [5.74, 6) is 0. The van der Waals surface area contributed by atoms with Gasteiger partial charge in [-0.25, -0.2) is 0 Å². The Kier molecular flexibility index (Phi) is 4.19. The van der Waals surface area contributed by atoms with Crippen molar-refractivity contribution >= 4 is 0 Å². The summed E-state index contributed by atoms with van der Waals surface area (Å²) < 4.78 is 30.9. The van der Waals surface area contributed by atoms with Crippen LogP contribution in [0.2, 0.25) is 0 Å². The molecule has 0 radical (unpaired) electrons. The van der Waals surface area contributed by atoms with Crippen molar-refractivity contribution in [1.29, 1.82) is 0 Å². The maximum atomic E-state index is 10.9. The van der Waals surface area contributed by atoms with Crippen LogP contribution in [0, 0.1) is 0 Å². The van der Waals surface area contributed by atoms with Crippen LogP contribution in [-0.2, 0) is 28.8 Å². The third-order valence-electron chi connectivity index (χ3n) is 0.621. The van der Waals surface area contributed by atoms with Crippen molar-refractivity contribution < 1.29 is 28.8 Å². The van der Waals surface area contributed by atoms with Gasteiger partial charge in [0.15, 0.2) is 0 Å². The van der Waals surface area contributed by atoms with Gasteiger partial charge in [0.2, 0.25) is 0 Å². The van der Waals surface area contributed by atoms with E-state index in [-0.39, 0.29) is 12.2 Å². The minimum atomic E-state index is -4.50. The average molecular weight is 202 g/mol. The molecule has 0 saturated carbocycles. The Balaban J connectivity index is 4.03. The van der Waals surface area contributed by atoms with Crippen molar-refractivity contribution in [3.63, 3.8) is 0 Å². The molecule has 0 aliphatic heterocycles. The molecule has 0 aliphatic carbocycles. The Bertz CT molecular complexity index is 177. The summed E-state index contributed by atoms with van der Waals surface area (Å²) in [5.41, 5.74) is 0. The Morgan fingerprint density at radius 3 is 1.36 bits per heavy atom. The third-order valence-corrected chi connectivity index (χ3v) is 2.56. The summed E-state index contributed by atoms with van der Waals surface area (Å²) in [6.07, 6.45) is -0.688. The Morgan fingerprint density at radius 1 is 0.909 bits per heavy atom. The molecular weight excluding hydrogens is 188 g/mol. The van der Waals surface area contributed by atoms with Gasteiger partial charge < -0.3 is 0 Å². The zero-order valence-electron chi connectivity index (χ0n) is 7.20. The summed E-state index contributed by atoms with van der Waals surface area (Å²) in [6.45, 7) is 6.58. The van der Waals surface area contributed by atoms with Gasteiger partial charge in [0.05, 0.1) is 0 Å². The Labute approximate surface area is 69.3 Å². The fraction of sp³-hybridized carbons (Fsp3) is 1.00. The van der Waals surface area contributed by atoms with Crippen LogP contribution in [-0.4, -0.2) is 12.2 Å². The quantitative estimate of drug-likeness (QED) is 0.693. The number of rotatable bonds is 4. The van der Waals surface area contributed by atoms with Gasteiger partial charge >= 0.3 is 68.7 Å². The second kappa shape index (κ2) is 4.17. The van der Waals surface area contributed by atoms with E-state index in [4.69, 9.17) is 0 Å². The van der Waals surface area contributed by atoms with E-state index in [1.165, 1.54) is 0 Å². The van der Waals surface area contributed by atoms with Crippen molar-refractivity contribution in [2.45, 2.75) is 39.9 Å². The maximum absolute atomic E-state index is 10.9. The van der Waals surface area contributed by atoms with E-state index >= 15 is 0 Å². The van der Waals surface area contributed by atoms with Gasteiger partial charge in [-0.15, -0.1) is 0 Å². The van der Waals surface area contributed by atoms with E-state index in [0.717, 1.165) is 0 Å². The molecule has 0 saturated heterocycles. The Hall–Kier alpha value is 0.0525. The SMILES string of the molecule is CC(C)[O][Cr](=[O])(=[O])[O]C(C)C. The van der Waals surface area contributed by atoms with Crippen molar-refractivity contribution in [3.8, 4) is 0 Å². The first kappa shape index (κ1) is 11.1. The van der Waals surface area contributed by atoms with Gasteiger partial charge in [-0.3, -0.25) is 0 Å². The van der Waals surface area contributed by atoms with Gasteiger partial charge in [-0.2, -0.15) is 0 Å². The topological polar surface area (TPSA) is 52.6 Å².